The van der Waals surface area contributed by atoms with Crippen LogP contribution in [0.5, 0.6) is 0 Å². The summed E-state index contributed by atoms with van der Waals surface area (Å²) in [7, 11) is 0.291. The Labute approximate surface area is 157 Å². The standard InChI is InChI=1S/C15H15ClN4O2S3/c1-19(2)4-3-9-8-17-13-10(9)7-11(24-13)25(21,22)14-12(16)18-15-20(14)5-6-23-15/h5-8,17H,3-4H2,1-2H3. The highest BCUT2D eigenvalue weighted by atomic mass is 35.5. The first-order valence-electron chi connectivity index (χ1n) is 7.48. The van der Waals surface area contributed by atoms with Gasteiger partial charge >= 0.3 is 0 Å². The minimum Gasteiger partial charge on any atom is -0.353 e. The number of aromatic nitrogens is 3. The summed E-state index contributed by atoms with van der Waals surface area (Å²) in [4.78, 5) is 10.8. The maximum atomic E-state index is 13.1. The van der Waals surface area contributed by atoms with Gasteiger partial charge in [0.15, 0.2) is 15.1 Å². The maximum absolute atomic E-state index is 13.1. The molecule has 0 bridgehead atoms. The van der Waals surface area contributed by atoms with Crippen molar-refractivity contribution in [2.75, 3.05) is 20.6 Å². The molecular formula is C15H15ClN4O2S3. The fourth-order valence-corrected chi connectivity index (χ4v) is 6.86. The summed E-state index contributed by atoms with van der Waals surface area (Å²) >= 11 is 8.69. The lowest BCUT2D eigenvalue weighted by molar-refractivity contribution is 0.414. The zero-order chi connectivity index (χ0) is 17.8. The molecule has 4 rings (SSSR count). The number of hydrogen-bond donors (Lipinski definition) is 1. The Morgan fingerprint density at radius 3 is 2.96 bits per heavy atom. The molecule has 0 saturated carbocycles. The highest BCUT2D eigenvalue weighted by Crippen LogP contribution is 2.37. The highest BCUT2D eigenvalue weighted by Gasteiger charge is 2.29. The van der Waals surface area contributed by atoms with Gasteiger partial charge in [-0.25, -0.2) is 13.4 Å². The molecule has 0 aliphatic heterocycles. The Hall–Kier alpha value is -1.39. The number of rotatable bonds is 5. The van der Waals surface area contributed by atoms with E-state index in [-0.39, 0.29) is 14.4 Å². The SMILES string of the molecule is CN(C)CCc1c[nH]c2sc(S(=O)(=O)c3c(Cl)nc4sccn34)cc12. The maximum Gasteiger partial charge on any atom is 0.235 e. The van der Waals surface area contributed by atoms with Crippen molar-refractivity contribution in [1.29, 1.82) is 0 Å². The van der Waals surface area contributed by atoms with Gasteiger partial charge in [-0.2, -0.15) is 0 Å². The van der Waals surface area contributed by atoms with Gasteiger partial charge in [0.25, 0.3) is 0 Å². The summed E-state index contributed by atoms with van der Waals surface area (Å²) in [6.07, 6.45) is 4.48. The van der Waals surface area contributed by atoms with Gasteiger partial charge in [-0.1, -0.05) is 11.6 Å². The molecule has 0 fully saturated rings. The summed E-state index contributed by atoms with van der Waals surface area (Å²) in [5.41, 5.74) is 1.11. The fraction of sp³-hybridized carbons (Fsp3) is 0.267. The predicted octanol–water partition coefficient (Wildman–Crippen LogP) is 3.53. The zero-order valence-corrected chi connectivity index (χ0v) is 16.7. The number of aromatic amines is 1. The molecule has 4 aromatic rings. The lowest BCUT2D eigenvalue weighted by Gasteiger charge is -2.07. The van der Waals surface area contributed by atoms with Crippen LogP contribution in [0.2, 0.25) is 5.15 Å². The Kier molecular flexibility index (Phi) is 4.16. The number of H-pyrrole nitrogens is 1. The molecule has 0 saturated heterocycles. The summed E-state index contributed by atoms with van der Waals surface area (Å²) in [5.74, 6) is 0. The molecular weight excluding hydrogens is 400 g/mol. The molecule has 0 unspecified atom stereocenters. The van der Waals surface area contributed by atoms with E-state index in [0.717, 1.165) is 28.7 Å². The molecule has 25 heavy (non-hydrogen) atoms. The normalized spacial score (nSPS) is 12.8. The number of sulfone groups is 1. The number of thiophene rings is 1. The van der Waals surface area contributed by atoms with Gasteiger partial charge in [-0.05, 0) is 32.1 Å². The predicted molar refractivity (Wildman–Crippen MR) is 102 cm³/mol. The van der Waals surface area contributed by atoms with Crippen LogP contribution in [0, 0.1) is 0 Å². The van der Waals surface area contributed by atoms with Gasteiger partial charge in [-0.15, -0.1) is 22.7 Å². The minimum absolute atomic E-state index is 0.0109. The molecule has 4 aromatic heterocycles. The van der Waals surface area contributed by atoms with Crippen LogP contribution in [0.25, 0.3) is 15.2 Å². The largest absolute Gasteiger partial charge is 0.353 e. The highest BCUT2D eigenvalue weighted by molar-refractivity contribution is 7.93. The van der Waals surface area contributed by atoms with Crippen LogP contribution in [0.3, 0.4) is 0 Å². The second kappa shape index (κ2) is 6.10. The number of thiazole rings is 1. The van der Waals surface area contributed by atoms with Crippen LogP contribution in [0.1, 0.15) is 5.56 Å². The summed E-state index contributed by atoms with van der Waals surface area (Å²) in [5, 5.41) is 2.78. The van der Waals surface area contributed by atoms with Gasteiger partial charge < -0.3 is 9.88 Å². The summed E-state index contributed by atoms with van der Waals surface area (Å²) in [6.45, 7) is 0.898. The smallest absolute Gasteiger partial charge is 0.235 e. The first-order chi connectivity index (χ1) is 11.9. The van der Waals surface area contributed by atoms with Crippen molar-refractivity contribution < 1.29 is 8.42 Å². The summed E-state index contributed by atoms with van der Waals surface area (Å²) in [6, 6.07) is 1.74. The molecule has 132 valence electrons. The van der Waals surface area contributed by atoms with Gasteiger partial charge in [0, 0.05) is 29.7 Å². The topological polar surface area (TPSA) is 70.5 Å². The molecule has 0 aliphatic carbocycles. The van der Waals surface area contributed by atoms with E-state index in [2.05, 4.69) is 14.9 Å². The van der Waals surface area contributed by atoms with Gasteiger partial charge in [-0.3, -0.25) is 4.40 Å². The van der Waals surface area contributed by atoms with Crippen molar-refractivity contribution in [3.05, 3.63) is 34.6 Å². The zero-order valence-electron chi connectivity index (χ0n) is 13.5. The van der Waals surface area contributed by atoms with E-state index in [0.29, 0.717) is 4.96 Å². The lowest BCUT2D eigenvalue weighted by atomic mass is 10.2. The first kappa shape index (κ1) is 17.0. The second-order valence-electron chi connectivity index (χ2n) is 5.94. The Morgan fingerprint density at radius 1 is 1.40 bits per heavy atom. The van der Waals surface area contributed by atoms with Crippen molar-refractivity contribution in [1.82, 2.24) is 19.3 Å². The molecule has 0 aromatic carbocycles. The Balaban J connectivity index is 1.81. The molecule has 0 amide bonds. The fourth-order valence-electron chi connectivity index (χ4n) is 2.70. The van der Waals surface area contributed by atoms with Gasteiger partial charge in [0.05, 0.1) is 0 Å². The van der Waals surface area contributed by atoms with E-state index in [9.17, 15) is 8.42 Å². The monoisotopic (exact) mass is 414 g/mol. The van der Waals surface area contributed by atoms with Crippen molar-refractivity contribution >= 4 is 59.3 Å². The number of likely N-dealkylation sites (N-methyl/N-ethyl adjacent to an activating group) is 1. The third-order valence-electron chi connectivity index (χ3n) is 3.96. The van der Waals surface area contributed by atoms with E-state index < -0.39 is 9.84 Å². The van der Waals surface area contributed by atoms with Crippen molar-refractivity contribution in [2.24, 2.45) is 0 Å². The molecule has 0 atom stereocenters. The number of nitrogens with one attached hydrogen (secondary N) is 1. The number of nitrogens with zero attached hydrogens (tertiary/aromatic N) is 3. The molecule has 4 heterocycles. The van der Waals surface area contributed by atoms with Crippen LogP contribution >= 0.6 is 34.3 Å². The van der Waals surface area contributed by atoms with E-state index in [1.54, 1.807) is 17.6 Å². The number of halogens is 1. The minimum atomic E-state index is -3.74. The average Bonchev–Trinajstić information content (AvgIpc) is 3.23. The van der Waals surface area contributed by atoms with Gasteiger partial charge in [0.1, 0.15) is 9.04 Å². The Bertz CT molecular complexity index is 1170. The molecule has 1 N–H and O–H groups in total. The van der Waals surface area contributed by atoms with Crippen molar-refractivity contribution in [3.8, 4) is 0 Å². The van der Waals surface area contributed by atoms with Crippen LogP contribution in [-0.2, 0) is 16.3 Å². The molecule has 0 spiro atoms. The molecule has 10 heteroatoms. The van der Waals surface area contributed by atoms with Crippen LogP contribution in [0.15, 0.2) is 33.1 Å². The van der Waals surface area contributed by atoms with E-state index in [4.69, 9.17) is 11.6 Å². The summed E-state index contributed by atoms with van der Waals surface area (Å²) < 4.78 is 28.0. The van der Waals surface area contributed by atoms with E-state index in [1.807, 2.05) is 20.3 Å². The Morgan fingerprint density at radius 2 is 2.20 bits per heavy atom. The number of hydrogen-bond acceptors (Lipinski definition) is 6. The second-order valence-corrected chi connectivity index (χ2v) is 10.3. The van der Waals surface area contributed by atoms with Crippen LogP contribution in [0.4, 0.5) is 0 Å². The molecule has 6 nitrogen and oxygen atoms in total. The van der Waals surface area contributed by atoms with E-state index in [1.165, 1.54) is 27.1 Å². The van der Waals surface area contributed by atoms with E-state index >= 15 is 0 Å². The van der Waals surface area contributed by atoms with Crippen molar-refractivity contribution in [2.45, 2.75) is 15.7 Å². The third-order valence-corrected chi connectivity index (χ3v) is 8.41. The number of imidazole rings is 1. The lowest BCUT2D eigenvalue weighted by Crippen LogP contribution is -2.14. The quantitative estimate of drug-likeness (QED) is 0.542. The third kappa shape index (κ3) is 2.80. The van der Waals surface area contributed by atoms with Crippen molar-refractivity contribution in [3.63, 3.8) is 0 Å². The van der Waals surface area contributed by atoms with Crippen LogP contribution < -0.4 is 0 Å². The average molecular weight is 415 g/mol. The number of fused-ring (bicyclic) bond motifs is 2. The first-order valence-corrected chi connectivity index (χ1v) is 11.0. The van der Waals surface area contributed by atoms with Crippen LogP contribution in [-0.4, -0.2) is 48.3 Å². The molecule has 0 radical (unpaired) electrons. The molecule has 0 aliphatic rings. The van der Waals surface area contributed by atoms with Gasteiger partial charge in [0.2, 0.25) is 9.84 Å².